The molecule has 9 heteroatoms. The fourth-order valence-electron chi connectivity index (χ4n) is 4.26. The van der Waals surface area contributed by atoms with E-state index in [0.717, 1.165) is 35.7 Å². The average Bonchev–Trinajstić information content (AvgIpc) is 3.20. The molecule has 168 valence electrons. The van der Waals surface area contributed by atoms with Crippen molar-refractivity contribution in [1.82, 2.24) is 14.7 Å². The van der Waals surface area contributed by atoms with Crippen molar-refractivity contribution in [1.29, 1.82) is 5.26 Å². The predicted octanol–water partition coefficient (Wildman–Crippen LogP) is 4.61. The number of nitrogens with one attached hydrogen (secondary N) is 2. The third-order valence-corrected chi connectivity index (χ3v) is 8.01. The highest BCUT2D eigenvalue weighted by atomic mass is 32.2. The Hall–Kier alpha value is -2.83. The number of pyridine rings is 1. The van der Waals surface area contributed by atoms with Gasteiger partial charge in [-0.1, -0.05) is 25.5 Å². The molecule has 2 N–H and O–H groups in total. The van der Waals surface area contributed by atoms with Crippen LogP contribution >= 0.6 is 0 Å². The maximum absolute atomic E-state index is 12.9. The number of aromatic amines is 1. The first-order chi connectivity index (χ1) is 15.3. The highest BCUT2D eigenvalue weighted by molar-refractivity contribution is 7.89. The summed E-state index contributed by atoms with van der Waals surface area (Å²) in [6, 6.07) is 11.6. The smallest absolute Gasteiger partial charge is 0.243 e. The molecule has 3 aromatic rings. The summed E-state index contributed by atoms with van der Waals surface area (Å²) >= 11 is 0. The number of rotatable bonds is 8. The van der Waals surface area contributed by atoms with Crippen LogP contribution in [0.2, 0.25) is 0 Å². The Morgan fingerprint density at radius 1 is 1.25 bits per heavy atom. The van der Waals surface area contributed by atoms with Gasteiger partial charge in [0.25, 0.3) is 0 Å². The van der Waals surface area contributed by atoms with Gasteiger partial charge < -0.3 is 4.98 Å². The quantitative estimate of drug-likeness (QED) is 0.515. The van der Waals surface area contributed by atoms with Crippen LogP contribution in [0.15, 0.2) is 47.5 Å². The van der Waals surface area contributed by atoms with Crippen LogP contribution < -0.4 is 4.72 Å². The number of benzene rings is 1. The van der Waals surface area contributed by atoms with Crippen molar-refractivity contribution in [3.63, 3.8) is 0 Å². The molecule has 2 aromatic heterocycles. The van der Waals surface area contributed by atoms with Crippen LogP contribution in [-0.2, 0) is 10.0 Å². The van der Waals surface area contributed by atoms with Crippen LogP contribution in [0.4, 0.5) is 8.78 Å². The minimum absolute atomic E-state index is 0.0747. The van der Waals surface area contributed by atoms with E-state index in [1.807, 2.05) is 18.2 Å². The van der Waals surface area contributed by atoms with Gasteiger partial charge in [-0.3, -0.25) is 4.98 Å². The average molecular weight is 459 g/mol. The Morgan fingerprint density at radius 2 is 2.00 bits per heavy atom. The van der Waals surface area contributed by atoms with Gasteiger partial charge in [-0.25, -0.2) is 21.9 Å². The zero-order valence-electron chi connectivity index (χ0n) is 17.6. The van der Waals surface area contributed by atoms with E-state index in [9.17, 15) is 22.5 Å². The van der Waals surface area contributed by atoms with E-state index < -0.39 is 29.4 Å². The zero-order chi connectivity index (χ0) is 22.9. The summed E-state index contributed by atoms with van der Waals surface area (Å²) in [5.41, 5.74) is 2.14. The van der Waals surface area contributed by atoms with Gasteiger partial charge in [0, 0.05) is 17.1 Å². The molecule has 0 aliphatic heterocycles. The molecule has 0 spiro atoms. The molecular weight excluding hydrogens is 434 g/mol. The third-order valence-electron chi connectivity index (χ3n) is 6.45. The van der Waals surface area contributed by atoms with Crippen LogP contribution in [-0.4, -0.2) is 37.8 Å². The Kier molecular flexibility index (Phi) is 6.01. The first kappa shape index (κ1) is 22.4. The van der Waals surface area contributed by atoms with E-state index in [2.05, 4.69) is 27.7 Å². The molecule has 0 amide bonds. The molecule has 1 atom stereocenters. The van der Waals surface area contributed by atoms with E-state index in [1.54, 1.807) is 6.07 Å². The van der Waals surface area contributed by atoms with Gasteiger partial charge in [-0.15, -0.1) is 0 Å². The van der Waals surface area contributed by atoms with Gasteiger partial charge in [0.05, 0.1) is 23.2 Å². The second-order valence-electron chi connectivity index (χ2n) is 8.35. The molecule has 1 fully saturated rings. The lowest BCUT2D eigenvalue weighted by Gasteiger charge is -2.40. The van der Waals surface area contributed by atoms with Gasteiger partial charge in [-0.05, 0) is 48.6 Å². The second kappa shape index (κ2) is 8.60. The molecule has 0 radical (unpaired) electrons. The molecule has 0 saturated heterocycles. The van der Waals surface area contributed by atoms with Gasteiger partial charge in [0.2, 0.25) is 10.0 Å². The fraction of sp³-hybridized carbons (Fsp3) is 0.391. The number of aromatic nitrogens is 2. The van der Waals surface area contributed by atoms with Crippen molar-refractivity contribution in [3.8, 4) is 17.5 Å². The highest BCUT2D eigenvalue weighted by Crippen LogP contribution is 2.51. The zero-order valence-corrected chi connectivity index (χ0v) is 18.4. The Morgan fingerprint density at radius 3 is 2.62 bits per heavy atom. The number of halogens is 2. The summed E-state index contributed by atoms with van der Waals surface area (Å²) in [5.74, 6) is 0.0747. The van der Waals surface area contributed by atoms with Crippen molar-refractivity contribution in [3.05, 3.63) is 48.2 Å². The molecule has 0 bridgehead atoms. The van der Waals surface area contributed by atoms with Crippen molar-refractivity contribution in [2.75, 3.05) is 13.3 Å². The molecule has 2 heterocycles. The summed E-state index contributed by atoms with van der Waals surface area (Å²) < 4.78 is 53.4. The van der Waals surface area contributed by atoms with Gasteiger partial charge in [-0.2, -0.15) is 5.26 Å². The van der Waals surface area contributed by atoms with Crippen molar-refractivity contribution < 1.29 is 17.2 Å². The van der Waals surface area contributed by atoms with Crippen LogP contribution in [0.5, 0.6) is 0 Å². The number of alkyl halides is 2. The molecular formula is C23H24F2N4O2S. The summed E-state index contributed by atoms with van der Waals surface area (Å²) in [6.07, 6.45) is 4.30. The predicted molar refractivity (Wildman–Crippen MR) is 118 cm³/mol. The Labute approximate surface area is 185 Å². The van der Waals surface area contributed by atoms with E-state index in [-0.39, 0.29) is 21.9 Å². The highest BCUT2D eigenvalue weighted by Gasteiger charge is 2.42. The van der Waals surface area contributed by atoms with Gasteiger partial charge in [0.1, 0.15) is 23.9 Å². The number of nitrogens with zero attached hydrogens (tertiary/aromatic N) is 2. The SMILES string of the molecule is CC(c1ccc2cc(-c3ncccc3S(=O)(=O)NC(CF)CF)[nH]c2c1)C1(C#N)CCC1. The van der Waals surface area contributed by atoms with E-state index in [0.29, 0.717) is 5.69 Å². The number of fused-ring (bicyclic) bond motifs is 1. The van der Waals surface area contributed by atoms with Crippen LogP contribution in [0, 0.1) is 16.7 Å². The summed E-state index contributed by atoms with van der Waals surface area (Å²) in [6.45, 7) is -0.236. The monoisotopic (exact) mass is 458 g/mol. The summed E-state index contributed by atoms with van der Waals surface area (Å²) in [4.78, 5) is 7.28. The maximum atomic E-state index is 12.9. The van der Waals surface area contributed by atoms with Gasteiger partial charge >= 0.3 is 0 Å². The molecule has 1 aliphatic carbocycles. The van der Waals surface area contributed by atoms with Crippen molar-refractivity contribution >= 4 is 20.9 Å². The number of sulfonamides is 1. The van der Waals surface area contributed by atoms with Gasteiger partial charge in [0.15, 0.2) is 0 Å². The lowest BCUT2D eigenvalue weighted by atomic mass is 9.61. The molecule has 1 unspecified atom stereocenters. The molecule has 1 saturated carbocycles. The molecule has 1 aliphatic rings. The molecule has 1 aromatic carbocycles. The Bertz CT molecular complexity index is 1270. The molecule has 32 heavy (non-hydrogen) atoms. The summed E-state index contributed by atoms with van der Waals surface area (Å²) in [5, 5.41) is 10.5. The Balaban J connectivity index is 1.72. The lowest BCUT2D eigenvalue weighted by Crippen LogP contribution is -2.38. The third kappa shape index (κ3) is 3.89. The molecule has 6 nitrogen and oxygen atoms in total. The first-order valence-corrected chi connectivity index (χ1v) is 12.0. The molecule has 4 rings (SSSR count). The van der Waals surface area contributed by atoms with Crippen LogP contribution in [0.1, 0.15) is 37.7 Å². The van der Waals surface area contributed by atoms with E-state index >= 15 is 0 Å². The largest absolute Gasteiger partial charge is 0.353 e. The number of hydrogen-bond acceptors (Lipinski definition) is 4. The minimum atomic E-state index is -4.19. The van der Waals surface area contributed by atoms with Crippen molar-refractivity contribution in [2.45, 2.75) is 43.0 Å². The number of hydrogen-bond donors (Lipinski definition) is 2. The maximum Gasteiger partial charge on any atom is 0.243 e. The summed E-state index contributed by atoms with van der Waals surface area (Å²) in [7, 11) is -4.19. The normalized spacial score (nSPS) is 16.6. The van der Waals surface area contributed by atoms with Crippen LogP contribution in [0.25, 0.3) is 22.3 Å². The standard InChI is InChI=1S/C23H24F2N4O2S/c1-15(23(14-26)7-3-8-23)16-5-6-17-11-20(28-19(17)10-16)22-21(4-2-9-27-22)32(30,31)29-18(12-24)13-25/h2,4-6,9-11,15,18,28-29H,3,7-8,12-13H2,1H3. The van der Waals surface area contributed by atoms with Crippen LogP contribution in [0.3, 0.4) is 0 Å². The second-order valence-corrected chi connectivity index (χ2v) is 10.0. The van der Waals surface area contributed by atoms with Crippen molar-refractivity contribution in [2.24, 2.45) is 5.41 Å². The number of H-pyrrole nitrogens is 1. The van der Waals surface area contributed by atoms with E-state index in [4.69, 9.17) is 0 Å². The number of nitriles is 1. The lowest BCUT2D eigenvalue weighted by molar-refractivity contribution is 0.175. The first-order valence-electron chi connectivity index (χ1n) is 10.5. The minimum Gasteiger partial charge on any atom is -0.353 e. The topological polar surface area (TPSA) is 98.6 Å². The van der Waals surface area contributed by atoms with E-state index in [1.165, 1.54) is 18.3 Å². The fourth-order valence-corrected chi connectivity index (χ4v) is 5.62.